The van der Waals surface area contributed by atoms with Gasteiger partial charge in [-0.2, -0.15) is 0 Å². The molecule has 0 aliphatic heterocycles. The molecule has 0 aliphatic carbocycles. The van der Waals surface area contributed by atoms with Crippen LogP contribution in [0.15, 0.2) is 0 Å². The lowest BCUT2D eigenvalue weighted by molar-refractivity contribution is 0.594. The van der Waals surface area contributed by atoms with Crippen LogP contribution in [0.1, 0.15) is 12.3 Å². The summed E-state index contributed by atoms with van der Waals surface area (Å²) in [6, 6.07) is 0. The van der Waals surface area contributed by atoms with Crippen molar-refractivity contribution in [1.82, 2.24) is 0 Å². The molecule has 0 aromatic rings. The molecule has 1 nitrogen and oxygen atoms in total. The Bertz CT molecular complexity index is 212. The molecule has 32 valence electrons. The molecule has 5 heavy (non-hydrogen) atoms. The maximum Gasteiger partial charge on any atom is 0.101 e. The molecule has 0 saturated carbocycles. The predicted molar refractivity (Wildman–Crippen MR) is 25.8 cm³/mol. The van der Waals surface area contributed by atoms with Crippen molar-refractivity contribution in [3.63, 3.8) is 0 Å². The minimum Gasteiger partial charge on any atom is -0.107 e. The molecule has 0 unspecified atom stereocenters. The normalized spacial score (nSPS) is 46.0. The second-order valence-corrected chi connectivity index (χ2v) is 1.67. The topological polar surface area (TPSA) is 17.1 Å². The first-order valence-corrected chi connectivity index (χ1v) is 2.34. The van der Waals surface area contributed by atoms with Crippen LogP contribution in [0, 0.1) is 0 Å². The van der Waals surface area contributed by atoms with Crippen molar-refractivity contribution in [3.8, 4) is 0 Å². The molecule has 0 fully saturated rings. The Morgan fingerprint density at radius 2 is 2.00 bits per heavy atom. The average Bonchev–Trinajstić information content (AvgIpc) is 1.77. The molecular formula is C3H9OS+. The Morgan fingerprint density at radius 3 is 2.00 bits per heavy atom. The smallest absolute Gasteiger partial charge is 0.101 e. The lowest BCUT2D eigenvalue weighted by Crippen LogP contribution is -1.97. The minimum atomic E-state index is -4.94. The van der Waals surface area contributed by atoms with Gasteiger partial charge in [-0.3, -0.25) is 0 Å². The molecular weight excluding hydrogens is 84.1 g/mol. The van der Waals surface area contributed by atoms with E-state index in [1.165, 1.54) is 0 Å². The van der Waals surface area contributed by atoms with Gasteiger partial charge >= 0.3 is 0 Å². The molecule has 0 radical (unpaired) electrons. The van der Waals surface area contributed by atoms with E-state index in [0.717, 1.165) is 0 Å². The minimum absolute atomic E-state index is 3.52. The fourth-order valence-electron chi connectivity index (χ4n) is 0. The van der Waals surface area contributed by atoms with E-state index in [1.807, 2.05) is 0 Å². The van der Waals surface area contributed by atoms with Gasteiger partial charge in [0.2, 0.25) is 0 Å². The van der Waals surface area contributed by atoms with Gasteiger partial charge in [0.25, 0.3) is 0 Å². The first kappa shape index (κ1) is 0.513. The summed E-state index contributed by atoms with van der Waals surface area (Å²) in [5.74, 6) is 0. The maximum absolute atomic E-state index is 11.6. The van der Waals surface area contributed by atoms with Crippen LogP contribution < -0.4 is 0 Å². The van der Waals surface area contributed by atoms with E-state index in [2.05, 4.69) is 0 Å². The molecule has 0 rings (SSSR count). The number of rotatable bonds is 0. The number of hydrogen-bond acceptors (Lipinski definition) is 1. The second kappa shape index (κ2) is 1.09. The van der Waals surface area contributed by atoms with E-state index < -0.39 is 28.5 Å². The molecule has 0 heterocycles. The van der Waals surface area contributed by atoms with Gasteiger partial charge in [0.15, 0.2) is 0 Å². The molecule has 0 aliphatic rings. The van der Waals surface area contributed by atoms with Gasteiger partial charge in [0.05, 0.1) is 22.3 Å². The van der Waals surface area contributed by atoms with E-state index >= 15 is 0 Å². The van der Waals surface area contributed by atoms with Gasteiger partial charge in [0, 0.05) is 0 Å². The fraction of sp³-hybridized carbons (Fsp3) is 1.00. The van der Waals surface area contributed by atoms with E-state index in [0.29, 0.717) is 0 Å². The molecule has 0 amide bonds. The summed E-state index contributed by atoms with van der Waals surface area (Å²) in [5, 5.41) is 0. The quantitative estimate of drug-likeness (QED) is 0.404. The van der Waals surface area contributed by atoms with Crippen molar-refractivity contribution in [1.29, 1.82) is 0 Å². The highest BCUT2D eigenvalue weighted by atomic mass is 32.2. The first-order valence-electron chi connectivity index (χ1n) is 5.28. The van der Waals surface area contributed by atoms with Crippen LogP contribution in [0.2, 0.25) is 0 Å². The third-order valence-corrected chi connectivity index (χ3v) is 0. The largest absolute Gasteiger partial charge is 0.107 e. The van der Waals surface area contributed by atoms with Crippen LogP contribution in [-0.2, 0) is 14.1 Å². The Morgan fingerprint density at radius 1 is 1.60 bits per heavy atom. The zero-order valence-electron chi connectivity index (χ0n) is 11.3. The van der Waals surface area contributed by atoms with E-state index in [9.17, 15) is 4.21 Å². The summed E-state index contributed by atoms with van der Waals surface area (Å²) in [4.78, 5) is 0. The van der Waals surface area contributed by atoms with Crippen LogP contribution in [0.4, 0.5) is 0 Å². The Kier molecular flexibility index (Phi) is 0.112. The summed E-state index contributed by atoms with van der Waals surface area (Å²) in [6.45, 7) is 0. The molecule has 0 aromatic heterocycles. The average molecular weight is 102 g/mol. The molecule has 0 bridgehead atoms. The van der Waals surface area contributed by atoms with E-state index in [-0.39, 0.29) is 0 Å². The van der Waals surface area contributed by atoms with E-state index in [4.69, 9.17) is 12.3 Å². The van der Waals surface area contributed by atoms with Crippen molar-refractivity contribution in [2.75, 3.05) is 18.6 Å². The number of hydrogen-bond donors (Lipinski definition) is 0. The van der Waals surface area contributed by atoms with Crippen LogP contribution in [0.3, 0.4) is 0 Å². The van der Waals surface area contributed by atoms with Gasteiger partial charge in [-0.1, -0.05) is 0 Å². The first-order chi connectivity index (χ1) is 5.75. The summed E-state index contributed by atoms with van der Waals surface area (Å²) in [5.41, 5.74) is 0. The molecule has 2 heteroatoms. The van der Waals surface area contributed by atoms with Crippen LogP contribution in [-0.4, -0.2) is 18.6 Å². The van der Waals surface area contributed by atoms with Crippen molar-refractivity contribution in [2.45, 2.75) is 0 Å². The molecule has 0 atom stereocenters. The highest BCUT2D eigenvalue weighted by Crippen LogP contribution is 1.78. The Labute approximate surface area is 46.5 Å². The summed E-state index contributed by atoms with van der Waals surface area (Å²) in [7, 11) is -4.94. The van der Waals surface area contributed by atoms with Crippen molar-refractivity contribution < 1.29 is 16.5 Å². The maximum atomic E-state index is 11.6. The zero-order chi connectivity index (χ0) is 12.0. The van der Waals surface area contributed by atoms with Gasteiger partial charge < -0.3 is 0 Å². The molecule has 0 saturated heterocycles. The van der Waals surface area contributed by atoms with Gasteiger partial charge in [-0.05, 0) is 0 Å². The lowest BCUT2D eigenvalue weighted by Gasteiger charge is -1.80. The zero-order valence-corrected chi connectivity index (χ0v) is 3.13. The lowest BCUT2D eigenvalue weighted by atomic mass is 11.9. The third-order valence-electron chi connectivity index (χ3n) is 0. The highest BCUT2D eigenvalue weighted by Gasteiger charge is 1.95. The summed E-state index contributed by atoms with van der Waals surface area (Å²) >= 11 is 0. The molecule has 0 spiro atoms. The van der Waals surface area contributed by atoms with Gasteiger partial charge in [0.1, 0.15) is 18.6 Å². The molecule has 0 N–H and O–H groups in total. The van der Waals surface area contributed by atoms with Crippen molar-refractivity contribution in [2.24, 2.45) is 0 Å². The van der Waals surface area contributed by atoms with Crippen LogP contribution in [0.5, 0.6) is 0 Å². The molecule has 0 aromatic carbocycles. The Balaban J connectivity index is 5.69. The standard InChI is InChI=1S/C3H9OS/c1-5(2,3)4/h1-3H3/q+1/i1D3,2D3,3D3. The summed E-state index contributed by atoms with van der Waals surface area (Å²) in [6.07, 6.45) is -10.6. The fourth-order valence-corrected chi connectivity index (χ4v) is 0. The second-order valence-electron chi connectivity index (χ2n) is 0.556. The third kappa shape index (κ3) is 853. The van der Waals surface area contributed by atoms with Crippen molar-refractivity contribution in [3.05, 3.63) is 0 Å². The van der Waals surface area contributed by atoms with E-state index in [1.54, 1.807) is 0 Å². The van der Waals surface area contributed by atoms with Gasteiger partial charge in [-0.25, -0.2) is 0 Å². The van der Waals surface area contributed by atoms with Crippen LogP contribution >= 0.6 is 0 Å². The predicted octanol–water partition coefficient (Wildman–Crippen LogP) is 0.375. The summed E-state index contributed by atoms with van der Waals surface area (Å²) < 4.78 is 72.2. The highest BCUT2D eigenvalue weighted by molar-refractivity contribution is 8.00. The SMILES string of the molecule is [2H]C([2H])([2H])[S+](=O)(C([2H])([2H])[2H])C([2H])([2H])[2H]. The van der Waals surface area contributed by atoms with Gasteiger partial charge in [-0.15, -0.1) is 4.21 Å². The Hall–Kier alpha value is 0.150. The van der Waals surface area contributed by atoms with Crippen molar-refractivity contribution >= 4 is 9.93 Å². The monoisotopic (exact) mass is 102 g/mol. The van der Waals surface area contributed by atoms with Crippen LogP contribution in [0.25, 0.3) is 0 Å².